The standard InChI is InChI=1S/C22H28N2O5S2.ClH/c1-7-31(27,28)14-10-8-9-13(11-14)18(25)23-19-16(20(26)29-6)15-12-21(2,3)24-22(4,5)17(15)30-19;/h8-11,24H,7,12H2,1-6H3,(H,23,25);1H. The van der Waals surface area contributed by atoms with E-state index in [0.717, 1.165) is 10.4 Å². The molecule has 1 aliphatic heterocycles. The van der Waals surface area contributed by atoms with E-state index in [2.05, 4.69) is 24.5 Å². The van der Waals surface area contributed by atoms with Gasteiger partial charge in [-0.3, -0.25) is 4.79 Å². The number of hydrogen-bond donors (Lipinski definition) is 2. The molecule has 1 aromatic heterocycles. The van der Waals surface area contributed by atoms with Gasteiger partial charge >= 0.3 is 5.97 Å². The molecule has 0 saturated heterocycles. The molecule has 32 heavy (non-hydrogen) atoms. The van der Waals surface area contributed by atoms with Crippen molar-refractivity contribution in [3.63, 3.8) is 0 Å². The lowest BCUT2D eigenvalue weighted by atomic mass is 9.81. The molecule has 1 aliphatic rings. The Bertz CT molecular complexity index is 1150. The van der Waals surface area contributed by atoms with Crippen LogP contribution in [-0.2, 0) is 26.5 Å². The maximum atomic E-state index is 13.0. The molecule has 2 heterocycles. The zero-order chi connectivity index (χ0) is 23.2. The van der Waals surface area contributed by atoms with Gasteiger partial charge in [-0.05, 0) is 57.9 Å². The monoisotopic (exact) mass is 500 g/mol. The Morgan fingerprint density at radius 3 is 2.47 bits per heavy atom. The van der Waals surface area contributed by atoms with Gasteiger partial charge in [0.2, 0.25) is 0 Å². The molecule has 2 aromatic rings. The summed E-state index contributed by atoms with van der Waals surface area (Å²) in [6.45, 7) is 9.75. The van der Waals surface area contributed by atoms with Gasteiger partial charge in [0.25, 0.3) is 5.91 Å². The van der Waals surface area contributed by atoms with Gasteiger partial charge in [0, 0.05) is 21.5 Å². The summed E-state index contributed by atoms with van der Waals surface area (Å²) in [5, 5.41) is 6.80. The van der Waals surface area contributed by atoms with E-state index in [0.29, 0.717) is 17.0 Å². The zero-order valence-electron chi connectivity index (χ0n) is 19.0. The molecule has 0 saturated carbocycles. The van der Waals surface area contributed by atoms with E-state index in [1.54, 1.807) is 13.0 Å². The molecule has 0 atom stereocenters. The molecule has 3 rings (SSSR count). The molecule has 176 valence electrons. The third kappa shape index (κ3) is 5.01. The first-order valence-corrected chi connectivity index (χ1v) is 12.5. The minimum atomic E-state index is -3.44. The summed E-state index contributed by atoms with van der Waals surface area (Å²) in [5.41, 5.74) is 0.779. The van der Waals surface area contributed by atoms with Crippen LogP contribution in [-0.4, -0.2) is 38.7 Å². The second kappa shape index (κ2) is 9.13. The van der Waals surface area contributed by atoms with Crippen LogP contribution in [0.5, 0.6) is 0 Å². The van der Waals surface area contributed by atoms with Crippen LogP contribution in [0, 0.1) is 0 Å². The highest BCUT2D eigenvalue weighted by atomic mass is 35.5. The third-order valence-corrected chi connectivity index (χ3v) is 8.50. The van der Waals surface area contributed by atoms with Crippen LogP contribution in [0.3, 0.4) is 0 Å². The second-order valence-electron chi connectivity index (χ2n) is 8.80. The van der Waals surface area contributed by atoms with E-state index >= 15 is 0 Å². The predicted molar refractivity (Wildman–Crippen MR) is 129 cm³/mol. The van der Waals surface area contributed by atoms with Crippen LogP contribution >= 0.6 is 23.7 Å². The Morgan fingerprint density at radius 1 is 1.22 bits per heavy atom. The number of benzene rings is 1. The summed E-state index contributed by atoms with van der Waals surface area (Å²) in [6.07, 6.45) is 0.604. The van der Waals surface area contributed by atoms with Crippen LogP contribution in [0.15, 0.2) is 29.2 Å². The number of rotatable bonds is 5. The van der Waals surface area contributed by atoms with E-state index in [4.69, 9.17) is 4.74 Å². The smallest absolute Gasteiger partial charge is 0.341 e. The Morgan fingerprint density at radius 2 is 1.88 bits per heavy atom. The number of carbonyl (C=O) groups excluding carboxylic acids is 2. The number of hydrogen-bond acceptors (Lipinski definition) is 7. The average molecular weight is 501 g/mol. The summed E-state index contributed by atoms with van der Waals surface area (Å²) in [5.74, 6) is -1.05. The van der Waals surface area contributed by atoms with Gasteiger partial charge in [-0.1, -0.05) is 13.0 Å². The van der Waals surface area contributed by atoms with Crippen LogP contribution in [0.25, 0.3) is 0 Å². The first kappa shape index (κ1) is 26.3. The Hall–Kier alpha value is -1.94. The maximum absolute atomic E-state index is 13.0. The van der Waals surface area contributed by atoms with Gasteiger partial charge in [0.05, 0.1) is 23.3 Å². The van der Waals surface area contributed by atoms with Crippen molar-refractivity contribution in [1.29, 1.82) is 0 Å². The lowest BCUT2D eigenvalue weighted by Gasteiger charge is -2.42. The molecule has 0 aliphatic carbocycles. The molecule has 0 bridgehead atoms. The van der Waals surface area contributed by atoms with E-state index in [1.807, 2.05) is 13.8 Å². The van der Waals surface area contributed by atoms with Crippen molar-refractivity contribution in [2.45, 2.75) is 57.0 Å². The highest BCUT2D eigenvalue weighted by molar-refractivity contribution is 7.91. The first-order valence-electron chi connectivity index (χ1n) is 9.99. The van der Waals surface area contributed by atoms with E-state index in [9.17, 15) is 18.0 Å². The zero-order valence-corrected chi connectivity index (χ0v) is 21.4. The molecular formula is C22H29ClN2O5S2. The maximum Gasteiger partial charge on any atom is 0.341 e. The van der Waals surface area contributed by atoms with Gasteiger partial charge < -0.3 is 15.4 Å². The minimum absolute atomic E-state index is 0. The predicted octanol–water partition coefficient (Wildman–Crippen LogP) is 4.16. The van der Waals surface area contributed by atoms with Crippen LogP contribution in [0.1, 0.15) is 65.8 Å². The quantitative estimate of drug-likeness (QED) is 0.598. The van der Waals surface area contributed by atoms with Crippen LogP contribution in [0.4, 0.5) is 5.00 Å². The van der Waals surface area contributed by atoms with Gasteiger partial charge in [-0.2, -0.15) is 0 Å². The number of halogens is 1. The number of esters is 1. The number of fused-ring (bicyclic) bond motifs is 1. The number of methoxy groups -OCH3 is 1. The highest BCUT2D eigenvalue weighted by Crippen LogP contribution is 2.45. The number of thiophene rings is 1. The number of nitrogens with one attached hydrogen (secondary N) is 2. The molecule has 0 fully saturated rings. The SMILES string of the molecule is CCS(=O)(=O)c1cccc(C(=O)Nc2sc3c(c2C(=O)OC)CC(C)(C)NC3(C)C)c1.Cl. The van der Waals surface area contributed by atoms with Gasteiger partial charge in [0.15, 0.2) is 9.84 Å². The van der Waals surface area contributed by atoms with Crippen molar-refractivity contribution >= 4 is 50.5 Å². The molecule has 1 amide bonds. The fourth-order valence-electron chi connectivity index (χ4n) is 4.11. The van der Waals surface area contributed by atoms with E-state index in [1.165, 1.54) is 36.6 Å². The molecule has 0 radical (unpaired) electrons. The van der Waals surface area contributed by atoms with Crippen molar-refractivity contribution in [3.8, 4) is 0 Å². The van der Waals surface area contributed by atoms with E-state index < -0.39 is 27.3 Å². The van der Waals surface area contributed by atoms with Gasteiger partial charge in [0.1, 0.15) is 5.00 Å². The van der Waals surface area contributed by atoms with Crippen LogP contribution < -0.4 is 10.6 Å². The fourth-order valence-corrected chi connectivity index (χ4v) is 6.29. The lowest BCUT2D eigenvalue weighted by Crippen LogP contribution is -2.55. The Balaban J connectivity index is 0.00000363. The summed E-state index contributed by atoms with van der Waals surface area (Å²) in [7, 11) is -2.13. The van der Waals surface area contributed by atoms with Crippen LogP contribution in [0.2, 0.25) is 0 Å². The molecule has 1 aromatic carbocycles. The summed E-state index contributed by atoms with van der Waals surface area (Å²) >= 11 is 1.34. The first-order chi connectivity index (χ1) is 14.3. The number of sulfone groups is 1. The van der Waals surface area contributed by atoms with Crippen molar-refractivity contribution in [3.05, 3.63) is 45.8 Å². The number of amides is 1. The van der Waals surface area contributed by atoms with Crippen molar-refractivity contribution < 1.29 is 22.7 Å². The molecule has 7 nitrogen and oxygen atoms in total. The third-order valence-electron chi connectivity index (χ3n) is 5.30. The number of anilines is 1. The lowest BCUT2D eigenvalue weighted by molar-refractivity contribution is 0.0600. The second-order valence-corrected chi connectivity index (χ2v) is 12.1. The van der Waals surface area contributed by atoms with Crippen molar-refractivity contribution in [1.82, 2.24) is 5.32 Å². The van der Waals surface area contributed by atoms with E-state index in [-0.39, 0.29) is 34.2 Å². The normalized spacial score (nSPS) is 16.4. The molecule has 2 N–H and O–H groups in total. The fraction of sp³-hybridized carbons (Fsp3) is 0.455. The Kier molecular flexibility index (Phi) is 7.51. The highest BCUT2D eigenvalue weighted by Gasteiger charge is 2.42. The number of ether oxygens (including phenoxy) is 1. The molecule has 0 unspecified atom stereocenters. The average Bonchev–Trinajstić information content (AvgIpc) is 3.04. The minimum Gasteiger partial charge on any atom is -0.465 e. The topological polar surface area (TPSA) is 102 Å². The Labute approximate surface area is 199 Å². The number of carbonyl (C=O) groups is 2. The summed E-state index contributed by atoms with van der Waals surface area (Å²) < 4.78 is 29.4. The van der Waals surface area contributed by atoms with Gasteiger partial charge in [-0.15, -0.1) is 23.7 Å². The van der Waals surface area contributed by atoms with Crippen molar-refractivity contribution in [2.24, 2.45) is 0 Å². The van der Waals surface area contributed by atoms with Gasteiger partial charge in [-0.25, -0.2) is 13.2 Å². The molecule has 0 spiro atoms. The summed E-state index contributed by atoms with van der Waals surface area (Å²) in [6, 6.07) is 5.90. The van der Waals surface area contributed by atoms with Crippen molar-refractivity contribution in [2.75, 3.05) is 18.2 Å². The molecule has 10 heteroatoms. The largest absolute Gasteiger partial charge is 0.465 e. The summed E-state index contributed by atoms with van der Waals surface area (Å²) in [4.78, 5) is 26.7. The molecular weight excluding hydrogens is 472 g/mol.